The Morgan fingerprint density at radius 1 is 1.29 bits per heavy atom. The molecule has 6 heteroatoms. The van der Waals surface area contributed by atoms with E-state index in [9.17, 15) is 0 Å². The fraction of sp³-hybridized carbons (Fsp3) is 0. The summed E-state index contributed by atoms with van der Waals surface area (Å²) >= 11 is 0. The van der Waals surface area contributed by atoms with E-state index in [0.717, 1.165) is 0 Å². The second kappa shape index (κ2) is 16.4. The van der Waals surface area contributed by atoms with Crippen molar-refractivity contribution in [1.82, 2.24) is 6.15 Å². The molecule has 0 saturated heterocycles. The molecule has 40 valence electrons. The average Bonchev–Trinajstić information content (AvgIpc) is 0.811. The Bertz CT molecular complexity index is 34.7. The molecular formula is CH5NNaO4-. The van der Waals surface area contributed by atoms with Crippen molar-refractivity contribution in [1.29, 1.82) is 0 Å². The molecule has 0 fully saturated rings. The van der Waals surface area contributed by atoms with Crippen LogP contribution in [0.3, 0.4) is 0 Å². The fourth-order valence-electron chi connectivity index (χ4n) is 0. The van der Waals surface area contributed by atoms with Gasteiger partial charge in [0.1, 0.15) is 0 Å². The first-order valence-electron chi connectivity index (χ1n) is 0.612. The molecule has 0 radical (unpaired) electrons. The zero-order valence-corrected chi connectivity index (χ0v) is 6.17. The zero-order valence-electron chi connectivity index (χ0n) is 4.17. The van der Waals surface area contributed by atoms with Crippen LogP contribution in [-0.4, -0.2) is 11.6 Å². The molecule has 0 aliphatic carbocycles. The Morgan fingerprint density at radius 2 is 1.29 bits per heavy atom. The molecule has 0 bridgehead atoms. The van der Waals surface area contributed by atoms with Crippen molar-refractivity contribution < 1.29 is 50.0 Å². The van der Waals surface area contributed by atoms with Gasteiger partial charge < -0.3 is 26.6 Å². The molecule has 7 heavy (non-hydrogen) atoms. The van der Waals surface area contributed by atoms with E-state index in [4.69, 9.17) is 15.0 Å². The first kappa shape index (κ1) is 27.1. The normalized spacial score (nSPS) is 3.43. The summed E-state index contributed by atoms with van der Waals surface area (Å²) in [4.78, 5) is 8.33. The first-order chi connectivity index (χ1) is 1.73. The Hall–Kier alpha value is 0.190. The van der Waals surface area contributed by atoms with Crippen LogP contribution in [0.5, 0.6) is 0 Å². The number of carboxylic acid groups (broad SMARTS) is 2. The van der Waals surface area contributed by atoms with Crippen molar-refractivity contribution >= 4 is 6.16 Å². The van der Waals surface area contributed by atoms with E-state index in [1.54, 1.807) is 0 Å². The van der Waals surface area contributed by atoms with Crippen LogP contribution in [0.1, 0.15) is 0 Å². The minimum atomic E-state index is -2.33. The van der Waals surface area contributed by atoms with E-state index < -0.39 is 6.16 Å². The van der Waals surface area contributed by atoms with Crippen LogP contribution < -0.4 is 45.9 Å². The summed E-state index contributed by atoms with van der Waals surface area (Å²) in [5, 5.41) is 16.7. The van der Waals surface area contributed by atoms with Crippen LogP contribution in [0.15, 0.2) is 0 Å². The minimum absolute atomic E-state index is 0. The molecule has 0 aromatic rings. The van der Waals surface area contributed by atoms with Crippen molar-refractivity contribution in [2.24, 2.45) is 0 Å². The Balaban J connectivity index is -0.0000000150. The van der Waals surface area contributed by atoms with Crippen LogP contribution >= 0.6 is 0 Å². The molecule has 0 aromatic heterocycles. The van der Waals surface area contributed by atoms with Gasteiger partial charge in [-0.15, -0.1) is 0 Å². The summed E-state index contributed by atoms with van der Waals surface area (Å²) in [6.45, 7) is 0. The van der Waals surface area contributed by atoms with Crippen LogP contribution in [0.2, 0.25) is 0 Å². The van der Waals surface area contributed by atoms with Crippen molar-refractivity contribution in [3.63, 3.8) is 0 Å². The fourth-order valence-corrected chi connectivity index (χ4v) is 0. The monoisotopic (exact) mass is 118 g/mol. The van der Waals surface area contributed by atoms with Gasteiger partial charge in [-0.3, -0.25) is 0 Å². The smallest absolute Gasteiger partial charge is 0.870 e. The van der Waals surface area contributed by atoms with Gasteiger partial charge >= 0.3 is 29.6 Å². The predicted octanol–water partition coefficient (Wildman–Crippen LogP) is -5.24. The van der Waals surface area contributed by atoms with E-state index in [2.05, 4.69) is 0 Å². The van der Waals surface area contributed by atoms with Gasteiger partial charge in [-0.1, -0.05) is 0 Å². The minimum Gasteiger partial charge on any atom is -0.870 e. The molecule has 0 aliphatic heterocycles. The average molecular weight is 118 g/mol. The van der Waals surface area contributed by atoms with E-state index in [0.29, 0.717) is 0 Å². The van der Waals surface area contributed by atoms with Crippen LogP contribution in [0, 0.1) is 0 Å². The molecule has 0 atom stereocenters. The van der Waals surface area contributed by atoms with E-state index in [-0.39, 0.29) is 41.2 Å². The topological polar surface area (TPSA) is 130 Å². The zero-order chi connectivity index (χ0) is 3.58. The predicted molar refractivity (Wildman–Crippen MR) is 13.3 cm³/mol. The van der Waals surface area contributed by atoms with Gasteiger partial charge in [0.15, 0.2) is 0 Å². The Morgan fingerprint density at radius 3 is 1.29 bits per heavy atom. The van der Waals surface area contributed by atoms with Crippen molar-refractivity contribution in [2.75, 3.05) is 0 Å². The number of hydrogen-bond acceptors (Lipinski definition) is 4. The van der Waals surface area contributed by atoms with Gasteiger partial charge in [-0.05, 0) is 6.16 Å². The standard InChI is InChI=1S/CH2O3.H3N.Na.H2O/c2-1(3)4;;;/h(H2,2,3,4);1H3;;1H2/q;;+1;/p-2. The third kappa shape index (κ3) is 3010. The van der Waals surface area contributed by atoms with Gasteiger partial charge in [0.25, 0.3) is 0 Å². The van der Waals surface area contributed by atoms with E-state index in [1.807, 2.05) is 0 Å². The molecule has 0 amide bonds. The van der Waals surface area contributed by atoms with Gasteiger partial charge in [0.2, 0.25) is 0 Å². The van der Waals surface area contributed by atoms with Crippen LogP contribution in [0.25, 0.3) is 0 Å². The summed E-state index contributed by atoms with van der Waals surface area (Å²) in [5.41, 5.74) is 0. The molecule has 5 nitrogen and oxygen atoms in total. The maximum absolute atomic E-state index is 8.33. The van der Waals surface area contributed by atoms with E-state index in [1.165, 1.54) is 0 Å². The summed E-state index contributed by atoms with van der Waals surface area (Å²) in [7, 11) is 0. The second-order valence-corrected chi connectivity index (χ2v) is 0.250. The Labute approximate surface area is 62.5 Å². The molecule has 0 aliphatic rings. The first-order valence-corrected chi connectivity index (χ1v) is 0.612. The maximum atomic E-state index is 8.33. The van der Waals surface area contributed by atoms with Crippen molar-refractivity contribution in [3.05, 3.63) is 0 Å². The number of carbonyl (C=O) groups is 1. The molecule has 0 unspecified atom stereocenters. The quantitative estimate of drug-likeness (QED) is 0.318. The van der Waals surface area contributed by atoms with Gasteiger partial charge in [-0.25, -0.2) is 0 Å². The molecule has 5 N–H and O–H groups in total. The molecule has 0 saturated carbocycles. The van der Waals surface area contributed by atoms with Crippen molar-refractivity contribution in [2.45, 2.75) is 0 Å². The molecular weight excluding hydrogens is 113 g/mol. The summed E-state index contributed by atoms with van der Waals surface area (Å²) < 4.78 is 0. The number of rotatable bonds is 0. The molecule has 0 heterocycles. The third-order valence-electron chi connectivity index (χ3n) is 0. The second-order valence-electron chi connectivity index (χ2n) is 0.250. The van der Waals surface area contributed by atoms with Crippen molar-refractivity contribution in [3.8, 4) is 0 Å². The van der Waals surface area contributed by atoms with Crippen LogP contribution in [0.4, 0.5) is 4.79 Å². The Kier molecular flexibility index (Phi) is 63.4. The summed E-state index contributed by atoms with van der Waals surface area (Å²) in [6, 6.07) is 0. The maximum Gasteiger partial charge on any atom is 1.00 e. The number of hydrogen-bond donors (Lipinski definition) is 1. The van der Waals surface area contributed by atoms with Gasteiger partial charge in [-0.2, -0.15) is 0 Å². The van der Waals surface area contributed by atoms with E-state index >= 15 is 0 Å². The SMILES string of the molecule is O=C([O-])[O-].[NH4+].[Na+].[OH-]. The number of quaternary nitrogens is 1. The molecule has 0 rings (SSSR count). The van der Waals surface area contributed by atoms with Gasteiger partial charge in [0.05, 0.1) is 0 Å². The number of carbonyl (C=O) groups excluding carboxylic acids is 1. The summed E-state index contributed by atoms with van der Waals surface area (Å²) in [5.74, 6) is 0. The largest absolute Gasteiger partial charge is 1.00 e. The molecule has 0 aromatic carbocycles. The van der Waals surface area contributed by atoms with Gasteiger partial charge in [0, 0.05) is 0 Å². The molecule has 0 spiro atoms. The van der Waals surface area contributed by atoms with Crippen LogP contribution in [-0.2, 0) is 0 Å². The third-order valence-corrected chi connectivity index (χ3v) is 0. The summed E-state index contributed by atoms with van der Waals surface area (Å²) in [6.07, 6.45) is -2.33.